The molecular weight excluding hydrogens is 228 g/mol. The quantitative estimate of drug-likeness (QED) is 0.438. The monoisotopic (exact) mass is 243 g/mol. The summed E-state index contributed by atoms with van der Waals surface area (Å²) in [6, 6.07) is 1.10. The topological polar surface area (TPSA) is 39.2 Å². The molecule has 1 aromatic heterocycles. The minimum Gasteiger partial charge on any atom is -0.462 e. The summed E-state index contributed by atoms with van der Waals surface area (Å²) in [7, 11) is 0. The van der Waals surface area contributed by atoms with Crippen LogP contribution in [0.1, 0.15) is 43.0 Å². The molecule has 5 heteroatoms. The Morgan fingerprint density at radius 1 is 1.35 bits per heavy atom. The van der Waals surface area contributed by atoms with Crippen molar-refractivity contribution in [2.24, 2.45) is 0 Å². The fourth-order valence-electron chi connectivity index (χ4n) is 1.35. The van der Waals surface area contributed by atoms with E-state index in [0.717, 1.165) is 37.9 Å². The van der Waals surface area contributed by atoms with Crippen LogP contribution in [-0.2, 0) is 4.74 Å². The number of hydrogen-bond donors (Lipinski definition) is 0. The van der Waals surface area contributed by atoms with E-state index in [2.05, 4.69) is 11.9 Å². The molecule has 17 heavy (non-hydrogen) atoms. The fourth-order valence-corrected chi connectivity index (χ4v) is 1.35. The molecule has 0 aliphatic heterocycles. The molecule has 0 unspecified atom stereocenters. The van der Waals surface area contributed by atoms with Gasteiger partial charge in [-0.05, 0) is 12.5 Å². The third-order valence-electron chi connectivity index (χ3n) is 2.30. The smallest absolute Gasteiger partial charge is 0.341 e. The molecule has 0 radical (unpaired) electrons. The van der Waals surface area contributed by atoms with Crippen LogP contribution in [0.2, 0.25) is 0 Å². The number of ether oxygens (including phenoxy) is 1. The highest BCUT2D eigenvalue weighted by atomic mass is 19.2. The lowest BCUT2D eigenvalue weighted by Gasteiger charge is -2.05. The molecule has 0 spiro atoms. The Morgan fingerprint density at radius 3 is 2.82 bits per heavy atom. The average molecular weight is 243 g/mol. The molecule has 1 aromatic rings. The summed E-state index contributed by atoms with van der Waals surface area (Å²) in [6.45, 7) is 2.29. The highest BCUT2D eigenvalue weighted by Crippen LogP contribution is 2.10. The van der Waals surface area contributed by atoms with E-state index in [1.54, 1.807) is 0 Å². The van der Waals surface area contributed by atoms with Crippen LogP contribution >= 0.6 is 0 Å². The lowest BCUT2D eigenvalue weighted by atomic mass is 10.2. The first-order valence-electron chi connectivity index (χ1n) is 5.64. The van der Waals surface area contributed by atoms with E-state index in [-0.39, 0.29) is 6.61 Å². The zero-order valence-corrected chi connectivity index (χ0v) is 9.71. The van der Waals surface area contributed by atoms with Crippen LogP contribution in [0.5, 0.6) is 0 Å². The van der Waals surface area contributed by atoms with Crippen LogP contribution in [0.25, 0.3) is 0 Å². The van der Waals surface area contributed by atoms with Crippen molar-refractivity contribution in [2.45, 2.75) is 32.6 Å². The summed E-state index contributed by atoms with van der Waals surface area (Å²) in [5.41, 5.74) is -0.409. The lowest BCUT2D eigenvalue weighted by Crippen LogP contribution is -2.10. The third-order valence-corrected chi connectivity index (χ3v) is 2.30. The summed E-state index contributed by atoms with van der Waals surface area (Å²) in [5.74, 6) is -3.39. The van der Waals surface area contributed by atoms with Gasteiger partial charge in [0.1, 0.15) is 5.56 Å². The minimum atomic E-state index is -1.29. The van der Waals surface area contributed by atoms with Crippen LogP contribution in [0, 0.1) is 11.8 Å². The molecule has 0 saturated carbocycles. The van der Waals surface area contributed by atoms with Crippen LogP contribution < -0.4 is 0 Å². The largest absolute Gasteiger partial charge is 0.462 e. The van der Waals surface area contributed by atoms with Crippen molar-refractivity contribution < 1.29 is 18.3 Å². The molecule has 0 bridgehead atoms. The number of unbranched alkanes of at least 4 members (excludes halogenated alkanes) is 3. The Balaban J connectivity index is 2.44. The zero-order valence-electron chi connectivity index (χ0n) is 9.71. The number of rotatable bonds is 6. The van der Waals surface area contributed by atoms with Gasteiger partial charge < -0.3 is 4.74 Å². The Bertz CT molecular complexity index is 383. The van der Waals surface area contributed by atoms with Gasteiger partial charge in [0.2, 0.25) is 5.95 Å². The van der Waals surface area contributed by atoms with Gasteiger partial charge in [0.15, 0.2) is 5.82 Å². The first-order chi connectivity index (χ1) is 8.16. The predicted octanol–water partition coefficient (Wildman–Crippen LogP) is 3.10. The van der Waals surface area contributed by atoms with Gasteiger partial charge in [0.25, 0.3) is 0 Å². The second-order valence-corrected chi connectivity index (χ2v) is 3.66. The number of carbonyl (C=O) groups excluding carboxylic acids is 1. The molecule has 1 heterocycles. The number of pyridine rings is 1. The first kappa shape index (κ1) is 13.5. The molecular formula is C12H15F2NO2. The molecule has 1 rings (SSSR count). The summed E-state index contributed by atoms with van der Waals surface area (Å²) >= 11 is 0. The standard InChI is InChI=1S/C12H15F2NO2/c1-2-3-4-5-8-17-12(16)9-6-7-15-11(14)10(9)13/h6-7H,2-5,8H2,1H3. The number of esters is 1. The van der Waals surface area contributed by atoms with Gasteiger partial charge >= 0.3 is 5.97 Å². The Hall–Kier alpha value is -1.52. The van der Waals surface area contributed by atoms with E-state index in [1.165, 1.54) is 0 Å². The van der Waals surface area contributed by atoms with Crippen LogP contribution in [-0.4, -0.2) is 17.6 Å². The van der Waals surface area contributed by atoms with Crippen molar-refractivity contribution in [3.8, 4) is 0 Å². The van der Waals surface area contributed by atoms with Gasteiger partial charge in [-0.15, -0.1) is 0 Å². The molecule has 0 aliphatic carbocycles. The van der Waals surface area contributed by atoms with Crippen molar-refractivity contribution in [3.05, 3.63) is 29.6 Å². The molecule has 0 amide bonds. The summed E-state index contributed by atoms with van der Waals surface area (Å²) in [4.78, 5) is 14.5. The maximum atomic E-state index is 13.1. The highest BCUT2D eigenvalue weighted by molar-refractivity contribution is 5.89. The van der Waals surface area contributed by atoms with Gasteiger partial charge in [-0.1, -0.05) is 26.2 Å². The molecule has 0 N–H and O–H groups in total. The normalized spacial score (nSPS) is 10.3. The fraction of sp³-hybridized carbons (Fsp3) is 0.500. The van der Waals surface area contributed by atoms with E-state index in [4.69, 9.17) is 4.74 Å². The van der Waals surface area contributed by atoms with Crippen LogP contribution in [0.4, 0.5) is 8.78 Å². The van der Waals surface area contributed by atoms with Crippen molar-refractivity contribution >= 4 is 5.97 Å². The van der Waals surface area contributed by atoms with Crippen molar-refractivity contribution in [1.82, 2.24) is 4.98 Å². The van der Waals surface area contributed by atoms with Crippen molar-refractivity contribution in [3.63, 3.8) is 0 Å². The van der Waals surface area contributed by atoms with Gasteiger partial charge in [-0.3, -0.25) is 0 Å². The second-order valence-electron chi connectivity index (χ2n) is 3.66. The minimum absolute atomic E-state index is 0.224. The Morgan fingerprint density at radius 2 is 2.12 bits per heavy atom. The first-order valence-corrected chi connectivity index (χ1v) is 5.64. The van der Waals surface area contributed by atoms with E-state index in [0.29, 0.717) is 0 Å². The maximum Gasteiger partial charge on any atom is 0.341 e. The molecule has 0 aromatic carbocycles. The SMILES string of the molecule is CCCCCCOC(=O)c1ccnc(F)c1F. The number of hydrogen-bond acceptors (Lipinski definition) is 3. The lowest BCUT2D eigenvalue weighted by molar-refractivity contribution is 0.0491. The van der Waals surface area contributed by atoms with Crippen LogP contribution in [0.15, 0.2) is 12.3 Å². The molecule has 94 valence electrons. The average Bonchev–Trinajstić information content (AvgIpc) is 2.32. The van der Waals surface area contributed by atoms with Gasteiger partial charge in [0.05, 0.1) is 6.61 Å². The van der Waals surface area contributed by atoms with E-state index in [1.807, 2.05) is 0 Å². The number of carbonyl (C=O) groups is 1. The second kappa shape index (κ2) is 6.93. The Labute approximate surface area is 98.8 Å². The van der Waals surface area contributed by atoms with E-state index < -0.39 is 23.3 Å². The maximum absolute atomic E-state index is 13.1. The van der Waals surface area contributed by atoms with Gasteiger partial charge in [-0.2, -0.15) is 4.39 Å². The molecule has 0 aliphatic rings. The molecule has 0 fully saturated rings. The summed E-state index contributed by atoms with van der Waals surface area (Å²) < 4.78 is 30.7. The summed E-state index contributed by atoms with van der Waals surface area (Å²) in [5, 5.41) is 0. The third kappa shape index (κ3) is 4.09. The van der Waals surface area contributed by atoms with Gasteiger partial charge in [-0.25, -0.2) is 14.2 Å². The van der Waals surface area contributed by atoms with Crippen LogP contribution in [0.3, 0.4) is 0 Å². The van der Waals surface area contributed by atoms with Crippen molar-refractivity contribution in [2.75, 3.05) is 6.61 Å². The molecule has 3 nitrogen and oxygen atoms in total. The van der Waals surface area contributed by atoms with Crippen molar-refractivity contribution in [1.29, 1.82) is 0 Å². The van der Waals surface area contributed by atoms with E-state index in [9.17, 15) is 13.6 Å². The van der Waals surface area contributed by atoms with Gasteiger partial charge in [0, 0.05) is 6.20 Å². The highest BCUT2D eigenvalue weighted by Gasteiger charge is 2.16. The number of nitrogens with zero attached hydrogens (tertiary/aromatic N) is 1. The van der Waals surface area contributed by atoms with E-state index >= 15 is 0 Å². The summed E-state index contributed by atoms with van der Waals surface area (Å²) in [6.07, 6.45) is 4.87. The zero-order chi connectivity index (χ0) is 12.7. The number of halogens is 2. The predicted molar refractivity (Wildman–Crippen MR) is 58.6 cm³/mol. The Kier molecular flexibility index (Phi) is 5.52. The molecule has 0 saturated heterocycles. The number of aromatic nitrogens is 1. The molecule has 0 atom stereocenters.